The van der Waals surface area contributed by atoms with Gasteiger partial charge in [0.1, 0.15) is 11.4 Å². The highest BCUT2D eigenvalue weighted by molar-refractivity contribution is 5.87. The van der Waals surface area contributed by atoms with Gasteiger partial charge in [0.05, 0.1) is 19.6 Å². The molecule has 1 heterocycles. The molecule has 4 nitrogen and oxygen atoms in total. The van der Waals surface area contributed by atoms with Crippen molar-refractivity contribution < 1.29 is 4.74 Å². The minimum atomic E-state index is -0.450. The molecule has 28 heavy (non-hydrogen) atoms. The third-order valence-electron chi connectivity index (χ3n) is 5.66. The van der Waals surface area contributed by atoms with E-state index in [1.165, 1.54) is 27.5 Å². The van der Waals surface area contributed by atoms with Crippen LogP contribution in [-0.4, -0.2) is 20.2 Å². The molecular weight excluding hydrogens is 346 g/mol. The Labute approximate surface area is 166 Å². The second kappa shape index (κ2) is 8.02. The van der Waals surface area contributed by atoms with Gasteiger partial charge in [0.15, 0.2) is 0 Å². The Balaban J connectivity index is 1.69. The van der Waals surface area contributed by atoms with Gasteiger partial charge in [-0.15, -0.1) is 0 Å². The number of fused-ring (bicyclic) bond motifs is 1. The number of hydrogen-bond acceptors (Lipinski definition) is 4. The maximum atomic E-state index is 9.39. The lowest BCUT2D eigenvalue weighted by atomic mass is 9.89. The van der Waals surface area contributed by atoms with E-state index in [1.807, 2.05) is 0 Å². The summed E-state index contributed by atoms with van der Waals surface area (Å²) in [6, 6.07) is 23.4. The molecule has 0 spiro atoms. The average molecular weight is 371 g/mol. The first-order valence-corrected chi connectivity index (χ1v) is 9.77. The Morgan fingerprint density at radius 3 is 2.50 bits per heavy atom. The smallest absolute Gasteiger partial charge is 0.122 e. The molecular formula is C24H25N3O. The summed E-state index contributed by atoms with van der Waals surface area (Å²) < 4.78 is 5.66. The van der Waals surface area contributed by atoms with E-state index in [0.29, 0.717) is 6.42 Å². The van der Waals surface area contributed by atoms with E-state index in [2.05, 4.69) is 77.4 Å². The van der Waals surface area contributed by atoms with E-state index in [0.717, 1.165) is 31.7 Å². The molecule has 0 amide bonds. The van der Waals surface area contributed by atoms with Crippen LogP contribution in [0.5, 0.6) is 5.75 Å². The second-order valence-electron chi connectivity index (χ2n) is 7.22. The average Bonchev–Trinajstić information content (AvgIpc) is 3.22. The maximum Gasteiger partial charge on any atom is 0.122 e. The molecule has 1 saturated heterocycles. The summed E-state index contributed by atoms with van der Waals surface area (Å²) in [5.74, 6) is 0.931. The van der Waals surface area contributed by atoms with Gasteiger partial charge < -0.3 is 4.74 Å². The minimum Gasteiger partial charge on any atom is -0.496 e. The van der Waals surface area contributed by atoms with Crippen LogP contribution in [0.25, 0.3) is 10.8 Å². The Kier molecular flexibility index (Phi) is 5.29. The van der Waals surface area contributed by atoms with Crippen molar-refractivity contribution in [2.75, 3.05) is 20.2 Å². The zero-order chi connectivity index (χ0) is 19.4. The van der Waals surface area contributed by atoms with Gasteiger partial charge in [0, 0.05) is 18.7 Å². The summed E-state index contributed by atoms with van der Waals surface area (Å²) in [5.41, 5.74) is 3.22. The minimum absolute atomic E-state index is 0.404. The number of nitrogens with one attached hydrogen (secondary N) is 2. The molecule has 1 aliphatic rings. The van der Waals surface area contributed by atoms with Crippen LogP contribution < -0.4 is 15.4 Å². The summed E-state index contributed by atoms with van der Waals surface area (Å²) in [5, 5.41) is 18.9. The van der Waals surface area contributed by atoms with Gasteiger partial charge >= 0.3 is 0 Å². The van der Waals surface area contributed by atoms with Crippen LogP contribution in [-0.2, 0) is 18.5 Å². The number of aryl methyl sites for hydroxylation is 2. The van der Waals surface area contributed by atoms with Gasteiger partial charge in [0.2, 0.25) is 0 Å². The third-order valence-corrected chi connectivity index (χ3v) is 5.66. The van der Waals surface area contributed by atoms with Crippen molar-refractivity contribution in [3.63, 3.8) is 0 Å². The Morgan fingerprint density at radius 2 is 1.71 bits per heavy atom. The van der Waals surface area contributed by atoms with Crippen LogP contribution in [0.1, 0.15) is 23.1 Å². The third kappa shape index (κ3) is 3.35. The van der Waals surface area contributed by atoms with Crippen molar-refractivity contribution in [1.29, 1.82) is 5.26 Å². The van der Waals surface area contributed by atoms with Crippen molar-refractivity contribution in [3.8, 4) is 11.8 Å². The van der Waals surface area contributed by atoms with Crippen LogP contribution in [0.2, 0.25) is 0 Å². The molecule has 3 aromatic carbocycles. The monoisotopic (exact) mass is 371 g/mol. The Morgan fingerprint density at radius 1 is 0.964 bits per heavy atom. The second-order valence-corrected chi connectivity index (χ2v) is 7.22. The topological polar surface area (TPSA) is 57.1 Å². The Hall–Kier alpha value is -2.87. The lowest BCUT2D eigenvalue weighted by molar-refractivity contribution is 0.350. The van der Waals surface area contributed by atoms with Gasteiger partial charge in [0.25, 0.3) is 0 Å². The summed E-state index contributed by atoms with van der Waals surface area (Å²) in [7, 11) is 1.73. The SMILES string of the molecule is COc1ccc2ccccc2c1CCc1ccccc1C1(CC#N)NCCN1. The number of nitrogens with zero attached hydrogens (tertiary/aromatic N) is 1. The van der Waals surface area contributed by atoms with Gasteiger partial charge in [-0.25, -0.2) is 0 Å². The lowest BCUT2D eigenvalue weighted by Gasteiger charge is -2.30. The molecule has 0 atom stereocenters. The highest BCUT2D eigenvalue weighted by Gasteiger charge is 2.36. The number of rotatable bonds is 6. The van der Waals surface area contributed by atoms with Crippen LogP contribution in [0.3, 0.4) is 0 Å². The molecule has 4 rings (SSSR count). The molecule has 0 unspecified atom stereocenters. The zero-order valence-corrected chi connectivity index (χ0v) is 16.2. The summed E-state index contributed by atoms with van der Waals surface area (Å²) in [6.07, 6.45) is 2.17. The molecule has 0 bridgehead atoms. The highest BCUT2D eigenvalue weighted by atomic mass is 16.5. The lowest BCUT2D eigenvalue weighted by Crippen LogP contribution is -2.46. The van der Waals surface area contributed by atoms with E-state index in [-0.39, 0.29) is 0 Å². The molecule has 0 radical (unpaired) electrons. The largest absolute Gasteiger partial charge is 0.496 e. The van der Waals surface area contributed by atoms with Gasteiger partial charge in [-0.1, -0.05) is 54.6 Å². The first-order chi connectivity index (χ1) is 13.8. The van der Waals surface area contributed by atoms with E-state index in [1.54, 1.807) is 7.11 Å². The molecule has 2 N–H and O–H groups in total. The van der Waals surface area contributed by atoms with E-state index >= 15 is 0 Å². The zero-order valence-electron chi connectivity index (χ0n) is 16.2. The van der Waals surface area contributed by atoms with Crippen LogP contribution >= 0.6 is 0 Å². The summed E-state index contributed by atoms with van der Waals surface area (Å²) >= 11 is 0. The van der Waals surface area contributed by atoms with Crippen molar-refractivity contribution in [1.82, 2.24) is 10.6 Å². The number of methoxy groups -OCH3 is 1. The van der Waals surface area contributed by atoms with Crippen LogP contribution in [0.4, 0.5) is 0 Å². The molecule has 0 saturated carbocycles. The molecule has 1 fully saturated rings. The molecule has 142 valence electrons. The predicted octanol–water partition coefficient (Wildman–Crippen LogP) is 3.89. The number of benzene rings is 3. The van der Waals surface area contributed by atoms with Crippen molar-refractivity contribution in [3.05, 3.63) is 77.4 Å². The molecule has 0 aromatic heterocycles. The van der Waals surface area contributed by atoms with Crippen molar-refractivity contribution in [2.45, 2.75) is 24.9 Å². The van der Waals surface area contributed by atoms with Gasteiger partial charge in [-0.05, 0) is 40.8 Å². The standard InChI is InChI=1S/C24H25N3O/c1-28-23-13-11-18-6-2-4-8-20(18)21(23)12-10-19-7-3-5-9-22(19)24(14-15-25)26-16-17-27-24/h2-9,11,13,26-27H,10,12,14,16-17H2,1H3. The fourth-order valence-corrected chi connectivity index (χ4v) is 4.32. The number of ether oxygens (including phenoxy) is 1. The van der Waals surface area contributed by atoms with Crippen molar-refractivity contribution >= 4 is 10.8 Å². The fraction of sp³-hybridized carbons (Fsp3) is 0.292. The van der Waals surface area contributed by atoms with Crippen LogP contribution in [0, 0.1) is 11.3 Å². The Bertz CT molecular complexity index is 1020. The van der Waals surface area contributed by atoms with Crippen LogP contribution in [0.15, 0.2) is 60.7 Å². The highest BCUT2D eigenvalue weighted by Crippen LogP contribution is 2.32. The molecule has 1 aliphatic heterocycles. The normalized spacial score (nSPS) is 15.4. The van der Waals surface area contributed by atoms with Gasteiger partial charge in [-0.3, -0.25) is 10.6 Å². The number of hydrogen-bond donors (Lipinski definition) is 2. The summed E-state index contributed by atoms with van der Waals surface area (Å²) in [6.45, 7) is 1.74. The first kappa shape index (κ1) is 18.5. The fourth-order valence-electron chi connectivity index (χ4n) is 4.32. The quantitative estimate of drug-likeness (QED) is 0.690. The van der Waals surface area contributed by atoms with E-state index in [9.17, 15) is 5.26 Å². The summed E-state index contributed by atoms with van der Waals surface area (Å²) in [4.78, 5) is 0. The van der Waals surface area contributed by atoms with Crippen molar-refractivity contribution in [2.24, 2.45) is 0 Å². The van der Waals surface area contributed by atoms with E-state index in [4.69, 9.17) is 4.74 Å². The van der Waals surface area contributed by atoms with Gasteiger partial charge in [-0.2, -0.15) is 5.26 Å². The van der Waals surface area contributed by atoms with E-state index < -0.39 is 5.66 Å². The molecule has 3 aromatic rings. The number of nitriles is 1. The molecule has 0 aliphatic carbocycles. The maximum absolute atomic E-state index is 9.39. The first-order valence-electron chi connectivity index (χ1n) is 9.77. The predicted molar refractivity (Wildman–Crippen MR) is 112 cm³/mol. The molecule has 4 heteroatoms.